The molecule has 0 aromatic rings. The van der Waals surface area contributed by atoms with Crippen molar-refractivity contribution >= 4 is 17.7 Å². The maximum Gasteiger partial charge on any atom is 0.309 e. The third-order valence-electron chi connectivity index (χ3n) is 10.2. The second-order valence-electron chi connectivity index (χ2n) is 11.0. The second-order valence-corrected chi connectivity index (χ2v) is 11.0. The molecule has 6 heteroatoms. The molecule has 6 nitrogen and oxygen atoms in total. The molecular weight excluding hydrogens is 384 g/mol. The molecule has 4 aliphatic carbocycles. The Labute approximate surface area is 176 Å². The Balaban J connectivity index is 1.49. The number of epoxide rings is 1. The summed E-state index contributed by atoms with van der Waals surface area (Å²) in [5, 5.41) is 0. The molecule has 2 heterocycles. The minimum atomic E-state index is -0.424. The molecule has 0 N–H and O–H groups in total. The lowest BCUT2D eigenvalue weighted by Gasteiger charge is -2.58. The molecule has 3 saturated carbocycles. The first-order chi connectivity index (χ1) is 14.2. The van der Waals surface area contributed by atoms with Gasteiger partial charge in [-0.05, 0) is 50.5 Å². The number of carbonyl (C=O) groups excluding carboxylic acids is 3. The fraction of sp³-hybridized carbons (Fsp3) is 0.792. The van der Waals surface area contributed by atoms with E-state index < -0.39 is 11.2 Å². The summed E-state index contributed by atoms with van der Waals surface area (Å²) in [6.07, 6.45) is 7.61. The Morgan fingerprint density at radius 2 is 1.97 bits per heavy atom. The van der Waals surface area contributed by atoms with Gasteiger partial charge in [-0.1, -0.05) is 19.4 Å². The van der Waals surface area contributed by atoms with Crippen LogP contribution in [-0.2, 0) is 28.6 Å². The highest BCUT2D eigenvalue weighted by molar-refractivity contribution is 5.92. The van der Waals surface area contributed by atoms with Gasteiger partial charge in [-0.15, -0.1) is 0 Å². The molecule has 162 valence electrons. The zero-order chi connectivity index (χ0) is 21.1. The van der Waals surface area contributed by atoms with Crippen molar-refractivity contribution in [3.63, 3.8) is 0 Å². The van der Waals surface area contributed by atoms with E-state index in [1.54, 1.807) is 6.08 Å². The van der Waals surface area contributed by atoms with E-state index in [1.165, 1.54) is 7.11 Å². The molecule has 8 atom stereocenters. The molecule has 0 aromatic heterocycles. The van der Waals surface area contributed by atoms with E-state index in [2.05, 4.69) is 13.8 Å². The quantitative estimate of drug-likeness (QED) is 0.484. The van der Waals surface area contributed by atoms with Crippen molar-refractivity contribution in [3.05, 3.63) is 11.6 Å². The molecule has 0 amide bonds. The third-order valence-corrected chi connectivity index (χ3v) is 10.2. The van der Waals surface area contributed by atoms with Crippen LogP contribution in [0.5, 0.6) is 0 Å². The number of ketones is 1. The highest BCUT2D eigenvalue weighted by atomic mass is 16.6. The summed E-state index contributed by atoms with van der Waals surface area (Å²) >= 11 is 0. The van der Waals surface area contributed by atoms with Crippen molar-refractivity contribution in [2.24, 2.45) is 28.6 Å². The molecule has 0 bridgehead atoms. The summed E-state index contributed by atoms with van der Waals surface area (Å²) in [5.41, 5.74) is -0.175. The van der Waals surface area contributed by atoms with E-state index >= 15 is 0 Å². The number of fused-ring (bicyclic) bond motifs is 4. The zero-order valence-corrected chi connectivity index (χ0v) is 18.0. The summed E-state index contributed by atoms with van der Waals surface area (Å²) in [5.74, 6) is -0.201. The van der Waals surface area contributed by atoms with Gasteiger partial charge in [0.2, 0.25) is 0 Å². The first-order valence-electron chi connectivity index (χ1n) is 11.4. The number of hydrogen-bond acceptors (Lipinski definition) is 6. The van der Waals surface area contributed by atoms with Gasteiger partial charge >= 0.3 is 11.9 Å². The fourth-order valence-corrected chi connectivity index (χ4v) is 8.69. The van der Waals surface area contributed by atoms with Crippen LogP contribution in [0.4, 0.5) is 0 Å². The SMILES string of the molecule is COC(=O)[C@@H]1CC2=CC(=O)CC[C@]2(C)C23O[C@@H]2C[C@@]2(C)C(CC[C@@]24CCC(=O)O4)[C@H]13. The van der Waals surface area contributed by atoms with Crippen LogP contribution in [0.15, 0.2) is 11.6 Å². The molecular formula is C24H30O6. The van der Waals surface area contributed by atoms with Gasteiger partial charge in [0.1, 0.15) is 11.2 Å². The van der Waals surface area contributed by atoms with Crippen molar-refractivity contribution < 1.29 is 28.6 Å². The van der Waals surface area contributed by atoms with Crippen molar-refractivity contribution in [2.45, 2.75) is 82.5 Å². The number of hydrogen-bond donors (Lipinski definition) is 0. The molecule has 30 heavy (non-hydrogen) atoms. The predicted octanol–water partition coefficient (Wildman–Crippen LogP) is 3.12. The van der Waals surface area contributed by atoms with Crippen LogP contribution in [0.1, 0.15) is 65.2 Å². The standard InChI is InChI=1S/C24H30O6/c1-21-7-4-14(25)10-13(21)11-15(20(27)28-3)19-16-5-8-23(9-6-18(26)30-23)22(16,2)12-17-24(19,21)29-17/h10,15-17,19H,4-9,11-12H2,1-3H3/t15-,16?,17-,19+,21+,22+,23-,24?/m1/s1. The van der Waals surface area contributed by atoms with Crippen LogP contribution >= 0.6 is 0 Å². The lowest BCUT2D eigenvalue weighted by atomic mass is 9.43. The molecule has 5 fully saturated rings. The summed E-state index contributed by atoms with van der Waals surface area (Å²) in [4.78, 5) is 37.4. The molecule has 0 aromatic carbocycles. The van der Waals surface area contributed by atoms with Gasteiger partial charge in [0.25, 0.3) is 0 Å². The molecule has 6 aliphatic rings. The van der Waals surface area contributed by atoms with E-state index in [1.807, 2.05) is 0 Å². The highest BCUT2D eigenvalue weighted by Crippen LogP contribution is 2.78. The van der Waals surface area contributed by atoms with Crippen molar-refractivity contribution in [2.75, 3.05) is 7.11 Å². The predicted molar refractivity (Wildman–Crippen MR) is 105 cm³/mol. The number of rotatable bonds is 1. The van der Waals surface area contributed by atoms with Gasteiger partial charge in [-0.2, -0.15) is 0 Å². The maximum atomic E-state index is 13.0. The Bertz CT molecular complexity index is 907. The van der Waals surface area contributed by atoms with E-state index in [0.29, 0.717) is 19.3 Å². The third kappa shape index (κ3) is 1.94. The van der Waals surface area contributed by atoms with E-state index in [9.17, 15) is 14.4 Å². The number of esters is 2. The Hall–Kier alpha value is -1.69. The minimum Gasteiger partial charge on any atom is -0.469 e. The lowest BCUT2D eigenvalue weighted by Crippen LogP contribution is -2.63. The molecule has 2 aliphatic heterocycles. The van der Waals surface area contributed by atoms with E-state index in [-0.39, 0.29) is 52.4 Å². The average molecular weight is 414 g/mol. The average Bonchev–Trinajstić information content (AvgIpc) is 3.20. The first-order valence-corrected chi connectivity index (χ1v) is 11.4. The largest absolute Gasteiger partial charge is 0.469 e. The van der Waals surface area contributed by atoms with Crippen LogP contribution < -0.4 is 0 Å². The van der Waals surface area contributed by atoms with Gasteiger partial charge in [-0.25, -0.2) is 0 Å². The minimum absolute atomic E-state index is 0.0303. The number of carbonyl (C=O) groups is 3. The van der Waals surface area contributed by atoms with Crippen LogP contribution in [0.2, 0.25) is 0 Å². The topological polar surface area (TPSA) is 82.2 Å². The molecule has 2 saturated heterocycles. The van der Waals surface area contributed by atoms with E-state index in [4.69, 9.17) is 14.2 Å². The number of ether oxygens (including phenoxy) is 3. The van der Waals surface area contributed by atoms with Crippen molar-refractivity contribution in [1.82, 2.24) is 0 Å². The molecule has 2 spiro atoms. The Kier molecular flexibility index (Phi) is 3.53. The molecule has 2 unspecified atom stereocenters. The van der Waals surface area contributed by atoms with E-state index in [0.717, 1.165) is 37.7 Å². The monoisotopic (exact) mass is 414 g/mol. The number of methoxy groups -OCH3 is 1. The van der Waals surface area contributed by atoms with Crippen LogP contribution in [0, 0.1) is 28.6 Å². The zero-order valence-electron chi connectivity index (χ0n) is 18.0. The lowest BCUT2D eigenvalue weighted by molar-refractivity contribution is -0.172. The first kappa shape index (κ1) is 19.0. The van der Waals surface area contributed by atoms with Gasteiger partial charge in [0, 0.05) is 29.6 Å². The van der Waals surface area contributed by atoms with Crippen molar-refractivity contribution in [3.8, 4) is 0 Å². The van der Waals surface area contributed by atoms with Crippen LogP contribution in [0.25, 0.3) is 0 Å². The molecule has 0 radical (unpaired) electrons. The molecule has 6 rings (SSSR count). The van der Waals surface area contributed by atoms with Gasteiger partial charge in [0.15, 0.2) is 5.78 Å². The van der Waals surface area contributed by atoms with Gasteiger partial charge in [0.05, 0.1) is 19.1 Å². The summed E-state index contributed by atoms with van der Waals surface area (Å²) in [7, 11) is 1.45. The van der Waals surface area contributed by atoms with Crippen LogP contribution in [0.3, 0.4) is 0 Å². The maximum absolute atomic E-state index is 13.0. The smallest absolute Gasteiger partial charge is 0.309 e. The van der Waals surface area contributed by atoms with Crippen molar-refractivity contribution in [1.29, 1.82) is 0 Å². The summed E-state index contributed by atoms with van der Waals surface area (Å²) in [6.45, 7) is 4.51. The highest BCUT2D eigenvalue weighted by Gasteiger charge is 2.83. The van der Waals surface area contributed by atoms with Gasteiger partial charge < -0.3 is 14.2 Å². The summed E-state index contributed by atoms with van der Waals surface area (Å²) in [6, 6.07) is 0. The second kappa shape index (κ2) is 5.56. The normalized spacial score (nSPS) is 53.2. The fourth-order valence-electron chi connectivity index (χ4n) is 8.69. The summed E-state index contributed by atoms with van der Waals surface area (Å²) < 4.78 is 17.9. The Morgan fingerprint density at radius 3 is 2.67 bits per heavy atom. The van der Waals surface area contributed by atoms with Gasteiger partial charge in [-0.3, -0.25) is 14.4 Å². The van der Waals surface area contributed by atoms with Crippen LogP contribution in [-0.4, -0.2) is 42.1 Å². The Morgan fingerprint density at radius 1 is 1.17 bits per heavy atom.